The number of aliphatic hydroxyl groups excluding tert-OH is 1. The molecule has 0 saturated carbocycles. The first kappa shape index (κ1) is 30.4. The molecule has 8 heteroatoms. The monoisotopic (exact) mass is 491 g/mol. The van der Waals surface area contributed by atoms with Crippen LogP contribution >= 0.6 is 0 Å². The van der Waals surface area contributed by atoms with Crippen molar-refractivity contribution < 1.29 is 24.2 Å². The van der Waals surface area contributed by atoms with E-state index in [2.05, 4.69) is 17.6 Å². The van der Waals surface area contributed by atoms with Crippen LogP contribution in [-0.2, 0) is 14.3 Å². The molecule has 3 amide bonds. The molecule has 0 saturated heterocycles. The molecule has 0 fully saturated rings. The summed E-state index contributed by atoms with van der Waals surface area (Å²) < 4.78 is 5.27. The van der Waals surface area contributed by atoms with Crippen molar-refractivity contribution in [2.75, 3.05) is 13.2 Å². The number of unbranched alkanes of at least 4 members (excludes halogenated alkanes) is 4. The van der Waals surface area contributed by atoms with Gasteiger partial charge < -0.3 is 25.4 Å². The van der Waals surface area contributed by atoms with E-state index in [9.17, 15) is 19.5 Å². The van der Waals surface area contributed by atoms with Gasteiger partial charge in [0.05, 0.1) is 6.61 Å². The van der Waals surface area contributed by atoms with Gasteiger partial charge in [0.2, 0.25) is 11.8 Å². The molecular formula is C27H45N3O5. The van der Waals surface area contributed by atoms with Gasteiger partial charge >= 0.3 is 6.09 Å². The number of aryl methyl sites for hydroxylation is 1. The van der Waals surface area contributed by atoms with Gasteiger partial charge in [0.1, 0.15) is 17.7 Å². The molecule has 1 aromatic rings. The number of rotatable bonds is 13. The highest BCUT2D eigenvalue weighted by Crippen LogP contribution is 2.24. The maximum atomic E-state index is 13.7. The highest BCUT2D eigenvalue weighted by molar-refractivity contribution is 5.92. The number of carbonyl (C=O) groups excluding carboxylic acids is 3. The van der Waals surface area contributed by atoms with Crippen molar-refractivity contribution in [2.45, 2.75) is 104 Å². The van der Waals surface area contributed by atoms with Crippen molar-refractivity contribution in [1.29, 1.82) is 0 Å². The third kappa shape index (κ3) is 11.1. The van der Waals surface area contributed by atoms with Gasteiger partial charge in [-0.25, -0.2) is 4.79 Å². The molecule has 198 valence electrons. The summed E-state index contributed by atoms with van der Waals surface area (Å²) in [5, 5.41) is 15.4. The zero-order chi connectivity index (χ0) is 26.6. The molecule has 35 heavy (non-hydrogen) atoms. The summed E-state index contributed by atoms with van der Waals surface area (Å²) in [6.07, 6.45) is 4.04. The number of aliphatic hydroxyl groups is 1. The first-order valence-electron chi connectivity index (χ1n) is 12.7. The Morgan fingerprint density at radius 2 is 1.60 bits per heavy atom. The highest BCUT2D eigenvalue weighted by atomic mass is 16.6. The number of nitrogens with zero attached hydrogens (tertiary/aromatic N) is 1. The molecule has 0 aromatic heterocycles. The van der Waals surface area contributed by atoms with Crippen LogP contribution in [0.5, 0.6) is 0 Å². The van der Waals surface area contributed by atoms with Crippen LogP contribution in [0.3, 0.4) is 0 Å². The third-order valence-corrected chi connectivity index (χ3v) is 5.34. The average Bonchev–Trinajstić information content (AvgIpc) is 2.75. The Bertz CT molecular complexity index is 802. The van der Waals surface area contributed by atoms with Crippen LogP contribution in [0.25, 0.3) is 0 Å². The second kappa shape index (κ2) is 14.7. The summed E-state index contributed by atoms with van der Waals surface area (Å²) in [6, 6.07) is 5.23. The zero-order valence-corrected chi connectivity index (χ0v) is 22.5. The summed E-state index contributed by atoms with van der Waals surface area (Å²) in [4.78, 5) is 40.9. The van der Waals surface area contributed by atoms with E-state index >= 15 is 0 Å². The van der Waals surface area contributed by atoms with Crippen LogP contribution < -0.4 is 10.6 Å². The molecule has 1 aromatic carbocycles. The molecule has 0 aliphatic carbocycles. The lowest BCUT2D eigenvalue weighted by Gasteiger charge is -2.34. The van der Waals surface area contributed by atoms with Crippen LogP contribution in [0.2, 0.25) is 0 Å². The van der Waals surface area contributed by atoms with Gasteiger partial charge in [0.15, 0.2) is 0 Å². The van der Waals surface area contributed by atoms with Gasteiger partial charge in [-0.05, 0) is 53.5 Å². The molecule has 0 spiro atoms. The van der Waals surface area contributed by atoms with Crippen molar-refractivity contribution >= 4 is 17.9 Å². The molecule has 2 atom stereocenters. The standard InChI is InChI=1S/C27H45N3O5/c1-8-9-10-11-12-17-30(25(33)22(18-31)29-26(34)35-27(5,6)7)23(24(32)28-19(2)3)21-15-13-20(4)14-16-21/h13-16,19,22-23,31H,8-12,17-18H2,1-7H3,(H,28,32)(H,29,34). The fourth-order valence-electron chi connectivity index (χ4n) is 3.67. The van der Waals surface area contributed by atoms with Crippen LogP contribution in [0.4, 0.5) is 4.79 Å². The summed E-state index contributed by atoms with van der Waals surface area (Å²) >= 11 is 0. The molecule has 0 aliphatic heterocycles. The number of nitrogens with one attached hydrogen (secondary N) is 2. The largest absolute Gasteiger partial charge is 0.444 e. The minimum atomic E-state index is -1.24. The fourth-order valence-corrected chi connectivity index (χ4v) is 3.67. The lowest BCUT2D eigenvalue weighted by Crippen LogP contribution is -2.55. The predicted octanol–water partition coefficient (Wildman–Crippen LogP) is 4.25. The normalized spacial score (nSPS) is 13.2. The molecule has 0 radical (unpaired) electrons. The average molecular weight is 492 g/mol. The van der Waals surface area contributed by atoms with Crippen molar-refractivity contribution in [3.8, 4) is 0 Å². The summed E-state index contributed by atoms with van der Waals surface area (Å²) in [6.45, 7) is 12.7. The Morgan fingerprint density at radius 1 is 1.00 bits per heavy atom. The molecule has 0 bridgehead atoms. The van der Waals surface area contributed by atoms with Gasteiger partial charge in [-0.1, -0.05) is 62.4 Å². The smallest absolute Gasteiger partial charge is 0.408 e. The van der Waals surface area contributed by atoms with E-state index in [-0.39, 0.29) is 11.9 Å². The van der Waals surface area contributed by atoms with E-state index in [1.54, 1.807) is 20.8 Å². The summed E-state index contributed by atoms with van der Waals surface area (Å²) in [5.41, 5.74) is 0.951. The Hall–Kier alpha value is -2.61. The number of alkyl carbamates (subject to hydrolysis) is 1. The van der Waals surface area contributed by atoms with Crippen LogP contribution in [0.1, 0.15) is 90.8 Å². The van der Waals surface area contributed by atoms with E-state index in [1.165, 1.54) is 4.90 Å². The van der Waals surface area contributed by atoms with E-state index in [4.69, 9.17) is 4.74 Å². The Morgan fingerprint density at radius 3 is 2.11 bits per heavy atom. The number of benzene rings is 1. The molecule has 3 N–H and O–H groups in total. The molecule has 1 rings (SSSR count). The number of hydrogen-bond acceptors (Lipinski definition) is 5. The SMILES string of the molecule is CCCCCCCN(C(=O)C(CO)NC(=O)OC(C)(C)C)C(C(=O)NC(C)C)c1ccc(C)cc1. The topological polar surface area (TPSA) is 108 Å². The van der Waals surface area contributed by atoms with Gasteiger partial charge in [0.25, 0.3) is 0 Å². The van der Waals surface area contributed by atoms with Crippen LogP contribution in [0, 0.1) is 6.92 Å². The van der Waals surface area contributed by atoms with Crippen LogP contribution in [0.15, 0.2) is 24.3 Å². The van der Waals surface area contributed by atoms with Gasteiger partial charge in [-0.15, -0.1) is 0 Å². The summed E-state index contributed by atoms with van der Waals surface area (Å²) in [7, 11) is 0. The molecular weight excluding hydrogens is 446 g/mol. The van der Waals surface area contributed by atoms with Crippen molar-refractivity contribution in [1.82, 2.24) is 15.5 Å². The van der Waals surface area contributed by atoms with Gasteiger partial charge in [-0.2, -0.15) is 0 Å². The zero-order valence-electron chi connectivity index (χ0n) is 22.5. The van der Waals surface area contributed by atoms with E-state index in [1.807, 2.05) is 45.0 Å². The molecule has 2 unspecified atom stereocenters. The van der Waals surface area contributed by atoms with Gasteiger partial charge in [0, 0.05) is 12.6 Å². The van der Waals surface area contributed by atoms with E-state index < -0.39 is 36.3 Å². The predicted molar refractivity (Wildman–Crippen MR) is 138 cm³/mol. The van der Waals surface area contributed by atoms with E-state index in [0.29, 0.717) is 18.5 Å². The molecule has 0 aliphatic rings. The Kier molecular flexibility index (Phi) is 12.8. The lowest BCUT2D eigenvalue weighted by molar-refractivity contribution is -0.143. The molecule has 8 nitrogen and oxygen atoms in total. The number of amides is 3. The number of hydrogen-bond donors (Lipinski definition) is 3. The number of carbonyl (C=O) groups is 3. The summed E-state index contributed by atoms with van der Waals surface area (Å²) in [5.74, 6) is -0.835. The minimum Gasteiger partial charge on any atom is -0.444 e. The second-order valence-corrected chi connectivity index (χ2v) is 10.3. The lowest BCUT2D eigenvalue weighted by atomic mass is 10.0. The maximum Gasteiger partial charge on any atom is 0.408 e. The van der Waals surface area contributed by atoms with Gasteiger partial charge in [-0.3, -0.25) is 9.59 Å². The van der Waals surface area contributed by atoms with Crippen molar-refractivity contribution in [3.63, 3.8) is 0 Å². The van der Waals surface area contributed by atoms with Crippen molar-refractivity contribution in [3.05, 3.63) is 35.4 Å². The highest BCUT2D eigenvalue weighted by Gasteiger charge is 2.36. The first-order chi connectivity index (χ1) is 16.4. The Balaban J connectivity index is 3.31. The minimum absolute atomic E-state index is 0.120. The second-order valence-electron chi connectivity index (χ2n) is 10.3. The number of ether oxygens (including phenoxy) is 1. The Labute approximate surface area is 210 Å². The van der Waals surface area contributed by atoms with Crippen LogP contribution in [-0.4, -0.2) is 58.8 Å². The fraction of sp³-hybridized carbons (Fsp3) is 0.667. The maximum absolute atomic E-state index is 13.7. The quantitative estimate of drug-likeness (QED) is 0.358. The van der Waals surface area contributed by atoms with Crippen molar-refractivity contribution in [2.24, 2.45) is 0 Å². The first-order valence-corrected chi connectivity index (χ1v) is 12.7. The van der Waals surface area contributed by atoms with E-state index in [0.717, 1.165) is 31.2 Å². The third-order valence-electron chi connectivity index (χ3n) is 5.34. The molecule has 0 heterocycles.